The van der Waals surface area contributed by atoms with Crippen molar-refractivity contribution >= 4 is 23.2 Å². The average molecular weight is 370 g/mol. The van der Waals surface area contributed by atoms with Crippen LogP contribution in [0.4, 0.5) is 11.4 Å². The van der Waals surface area contributed by atoms with Crippen LogP contribution in [0.15, 0.2) is 42.5 Å². The van der Waals surface area contributed by atoms with Gasteiger partial charge in [0.25, 0.3) is 0 Å². The molecule has 0 aromatic heterocycles. The molecule has 0 aliphatic rings. The van der Waals surface area contributed by atoms with Crippen molar-refractivity contribution in [2.24, 2.45) is 0 Å². The zero-order chi connectivity index (χ0) is 19.8. The lowest BCUT2D eigenvalue weighted by atomic mass is 10.1. The number of anilines is 2. The lowest BCUT2D eigenvalue weighted by Crippen LogP contribution is -2.32. The highest BCUT2D eigenvalue weighted by Crippen LogP contribution is 2.31. The van der Waals surface area contributed by atoms with E-state index >= 15 is 0 Å². The number of methoxy groups -OCH3 is 2. The van der Waals surface area contributed by atoms with Crippen LogP contribution in [0.25, 0.3) is 0 Å². The Labute approximate surface area is 160 Å². The van der Waals surface area contributed by atoms with Gasteiger partial charge in [-0.1, -0.05) is 25.1 Å². The SMILES string of the molecule is CCc1ccccc1NC(=O)CCN(C(C)=O)c1ccc(OC)c(OC)c1. The van der Waals surface area contributed by atoms with Crippen LogP contribution in [0.5, 0.6) is 11.5 Å². The van der Waals surface area contributed by atoms with Gasteiger partial charge in [0.1, 0.15) is 0 Å². The molecule has 6 heteroatoms. The molecule has 0 spiro atoms. The summed E-state index contributed by atoms with van der Waals surface area (Å²) in [6.07, 6.45) is 1.02. The minimum Gasteiger partial charge on any atom is -0.493 e. The molecule has 1 N–H and O–H groups in total. The Bertz CT molecular complexity index is 805. The highest BCUT2D eigenvalue weighted by molar-refractivity contribution is 5.95. The lowest BCUT2D eigenvalue weighted by molar-refractivity contribution is -0.117. The third-order valence-electron chi connectivity index (χ3n) is 4.29. The number of nitrogens with one attached hydrogen (secondary N) is 1. The van der Waals surface area contributed by atoms with Crippen molar-refractivity contribution in [3.63, 3.8) is 0 Å². The van der Waals surface area contributed by atoms with E-state index in [0.29, 0.717) is 17.2 Å². The van der Waals surface area contributed by atoms with Gasteiger partial charge in [-0.3, -0.25) is 9.59 Å². The first-order valence-electron chi connectivity index (χ1n) is 8.88. The molecule has 0 unspecified atom stereocenters. The summed E-state index contributed by atoms with van der Waals surface area (Å²) in [5, 5.41) is 2.93. The van der Waals surface area contributed by atoms with E-state index in [1.807, 2.05) is 31.2 Å². The van der Waals surface area contributed by atoms with Gasteiger partial charge in [0.15, 0.2) is 11.5 Å². The van der Waals surface area contributed by atoms with Gasteiger partial charge in [0, 0.05) is 37.3 Å². The Kier molecular flexibility index (Phi) is 7.23. The Morgan fingerprint density at radius 1 is 1.04 bits per heavy atom. The number of rotatable bonds is 8. The van der Waals surface area contributed by atoms with E-state index in [1.165, 1.54) is 6.92 Å². The third kappa shape index (κ3) is 5.23. The van der Waals surface area contributed by atoms with Gasteiger partial charge in [-0.05, 0) is 30.2 Å². The molecule has 2 aromatic rings. The van der Waals surface area contributed by atoms with Crippen molar-refractivity contribution in [3.8, 4) is 11.5 Å². The van der Waals surface area contributed by atoms with E-state index in [2.05, 4.69) is 5.32 Å². The van der Waals surface area contributed by atoms with E-state index in [0.717, 1.165) is 17.7 Å². The van der Waals surface area contributed by atoms with E-state index in [9.17, 15) is 9.59 Å². The second kappa shape index (κ2) is 9.62. The Morgan fingerprint density at radius 2 is 1.74 bits per heavy atom. The van der Waals surface area contributed by atoms with Gasteiger partial charge >= 0.3 is 0 Å². The monoisotopic (exact) mass is 370 g/mol. The largest absolute Gasteiger partial charge is 0.493 e. The molecule has 0 atom stereocenters. The van der Waals surface area contributed by atoms with E-state index < -0.39 is 0 Å². The maximum Gasteiger partial charge on any atom is 0.226 e. The summed E-state index contributed by atoms with van der Waals surface area (Å²) in [5.41, 5.74) is 2.54. The predicted molar refractivity (Wildman–Crippen MR) is 107 cm³/mol. The number of para-hydroxylation sites is 1. The van der Waals surface area contributed by atoms with Crippen LogP contribution < -0.4 is 19.7 Å². The second-order valence-electron chi connectivity index (χ2n) is 6.02. The van der Waals surface area contributed by atoms with E-state index in [4.69, 9.17) is 9.47 Å². The third-order valence-corrected chi connectivity index (χ3v) is 4.29. The van der Waals surface area contributed by atoms with Crippen LogP contribution in [0.3, 0.4) is 0 Å². The number of hydrogen-bond acceptors (Lipinski definition) is 4. The van der Waals surface area contributed by atoms with Crippen LogP contribution in [0, 0.1) is 0 Å². The predicted octanol–water partition coefficient (Wildman–Crippen LogP) is 3.65. The van der Waals surface area contributed by atoms with E-state index in [1.54, 1.807) is 37.3 Å². The van der Waals surface area contributed by atoms with Gasteiger partial charge < -0.3 is 19.7 Å². The first kappa shape index (κ1) is 20.3. The number of amides is 2. The van der Waals surface area contributed by atoms with Gasteiger partial charge in [-0.15, -0.1) is 0 Å². The molecule has 2 rings (SSSR count). The van der Waals surface area contributed by atoms with Crippen LogP contribution in [0.1, 0.15) is 25.8 Å². The van der Waals surface area contributed by atoms with Gasteiger partial charge in [-0.2, -0.15) is 0 Å². The fourth-order valence-electron chi connectivity index (χ4n) is 2.84. The number of carbonyl (C=O) groups is 2. The zero-order valence-electron chi connectivity index (χ0n) is 16.2. The molecule has 0 fully saturated rings. The Hall–Kier alpha value is -3.02. The zero-order valence-corrected chi connectivity index (χ0v) is 16.2. The van der Waals surface area contributed by atoms with Crippen molar-refractivity contribution in [2.45, 2.75) is 26.7 Å². The Balaban J connectivity index is 2.08. The highest BCUT2D eigenvalue weighted by Gasteiger charge is 2.16. The van der Waals surface area contributed by atoms with Crippen molar-refractivity contribution in [2.75, 3.05) is 31.0 Å². The smallest absolute Gasteiger partial charge is 0.226 e. The summed E-state index contributed by atoms with van der Waals surface area (Å²) in [4.78, 5) is 26.0. The van der Waals surface area contributed by atoms with Crippen LogP contribution in [-0.2, 0) is 16.0 Å². The fraction of sp³-hybridized carbons (Fsp3) is 0.333. The van der Waals surface area contributed by atoms with Crippen LogP contribution >= 0.6 is 0 Å². The maximum atomic E-state index is 12.4. The molecule has 27 heavy (non-hydrogen) atoms. The number of hydrogen-bond donors (Lipinski definition) is 1. The molecular formula is C21H26N2O4. The molecule has 0 heterocycles. The normalized spacial score (nSPS) is 10.2. The summed E-state index contributed by atoms with van der Waals surface area (Å²) in [5.74, 6) is 0.827. The molecule has 0 saturated carbocycles. The van der Waals surface area contributed by atoms with Gasteiger partial charge in [0.2, 0.25) is 11.8 Å². The molecule has 6 nitrogen and oxygen atoms in total. The maximum absolute atomic E-state index is 12.4. The molecule has 2 aromatic carbocycles. The van der Waals surface area contributed by atoms with Crippen molar-refractivity contribution in [3.05, 3.63) is 48.0 Å². The molecule has 0 aliphatic heterocycles. The van der Waals surface area contributed by atoms with Crippen LogP contribution in [0.2, 0.25) is 0 Å². The Morgan fingerprint density at radius 3 is 2.37 bits per heavy atom. The summed E-state index contributed by atoms with van der Waals surface area (Å²) >= 11 is 0. The first-order chi connectivity index (χ1) is 13.0. The lowest BCUT2D eigenvalue weighted by Gasteiger charge is -2.22. The molecule has 0 bridgehead atoms. The highest BCUT2D eigenvalue weighted by atomic mass is 16.5. The van der Waals surface area contributed by atoms with E-state index in [-0.39, 0.29) is 24.8 Å². The number of aryl methyl sites for hydroxylation is 1. The van der Waals surface area contributed by atoms with Gasteiger partial charge in [0.05, 0.1) is 14.2 Å². The number of carbonyl (C=O) groups excluding carboxylic acids is 2. The topological polar surface area (TPSA) is 67.9 Å². The number of nitrogens with zero attached hydrogens (tertiary/aromatic N) is 1. The summed E-state index contributed by atoms with van der Waals surface area (Å²) in [6.45, 7) is 3.78. The quantitative estimate of drug-likeness (QED) is 0.770. The molecular weight excluding hydrogens is 344 g/mol. The number of benzene rings is 2. The average Bonchev–Trinajstić information content (AvgIpc) is 2.68. The molecule has 2 amide bonds. The second-order valence-corrected chi connectivity index (χ2v) is 6.02. The summed E-state index contributed by atoms with van der Waals surface area (Å²) < 4.78 is 10.5. The number of ether oxygens (including phenoxy) is 2. The standard InChI is InChI=1S/C21H26N2O4/c1-5-16-8-6-7-9-18(16)22-21(25)12-13-23(15(2)24)17-10-11-19(26-3)20(14-17)27-4/h6-11,14H,5,12-13H2,1-4H3,(H,22,25). The molecule has 0 radical (unpaired) electrons. The molecule has 0 aliphatic carbocycles. The van der Waals surface area contributed by atoms with Crippen molar-refractivity contribution in [1.29, 1.82) is 0 Å². The summed E-state index contributed by atoms with van der Waals surface area (Å²) in [7, 11) is 3.09. The van der Waals surface area contributed by atoms with Crippen molar-refractivity contribution < 1.29 is 19.1 Å². The fourth-order valence-corrected chi connectivity index (χ4v) is 2.84. The van der Waals surface area contributed by atoms with Gasteiger partial charge in [-0.25, -0.2) is 0 Å². The first-order valence-corrected chi connectivity index (χ1v) is 8.88. The van der Waals surface area contributed by atoms with Crippen LogP contribution in [-0.4, -0.2) is 32.6 Å². The minimum atomic E-state index is -0.149. The molecule has 0 saturated heterocycles. The minimum absolute atomic E-state index is 0.136. The summed E-state index contributed by atoms with van der Waals surface area (Å²) in [6, 6.07) is 12.9. The van der Waals surface area contributed by atoms with Crippen molar-refractivity contribution in [1.82, 2.24) is 0 Å². The molecule has 144 valence electrons.